The number of methoxy groups -OCH3 is 1. The van der Waals surface area contributed by atoms with Crippen molar-refractivity contribution < 1.29 is 18.8 Å². The summed E-state index contributed by atoms with van der Waals surface area (Å²) >= 11 is 1.40. The Morgan fingerprint density at radius 1 is 1.00 bits per heavy atom. The van der Waals surface area contributed by atoms with Crippen LogP contribution < -0.4 is 15.4 Å². The molecule has 2 aromatic heterocycles. The van der Waals surface area contributed by atoms with Crippen molar-refractivity contribution in [2.24, 2.45) is 0 Å². The number of aryl methyl sites for hydroxylation is 1. The van der Waals surface area contributed by atoms with Crippen molar-refractivity contribution in [1.82, 2.24) is 10.1 Å². The summed E-state index contributed by atoms with van der Waals surface area (Å²) in [6, 6.07) is 19.1. The van der Waals surface area contributed by atoms with Gasteiger partial charge in [-0.1, -0.05) is 29.1 Å². The number of aromatic nitrogens is 2. The molecule has 2 amide bonds. The molecule has 0 atom stereocenters. The minimum absolute atomic E-state index is 0.281. The van der Waals surface area contributed by atoms with Crippen LogP contribution in [0.2, 0.25) is 0 Å². The van der Waals surface area contributed by atoms with Crippen LogP contribution in [0.3, 0.4) is 0 Å². The van der Waals surface area contributed by atoms with Crippen LogP contribution in [0.15, 0.2) is 82.5 Å². The van der Waals surface area contributed by atoms with Gasteiger partial charge >= 0.3 is 0 Å². The number of carbonyl (C=O) groups is 2. The van der Waals surface area contributed by atoms with Gasteiger partial charge < -0.3 is 19.9 Å². The zero-order valence-corrected chi connectivity index (χ0v) is 19.4. The third-order valence-corrected chi connectivity index (χ3v) is 5.85. The second kappa shape index (κ2) is 10.7. The molecule has 0 radical (unpaired) electrons. The van der Waals surface area contributed by atoms with E-state index in [0.717, 1.165) is 11.5 Å². The number of anilines is 2. The number of nitrogens with one attached hydrogen (secondary N) is 2. The van der Waals surface area contributed by atoms with E-state index in [9.17, 15) is 9.59 Å². The highest BCUT2D eigenvalue weighted by molar-refractivity contribution is 7.98. The predicted octanol–water partition coefficient (Wildman–Crippen LogP) is 5.18. The first kappa shape index (κ1) is 23.1. The lowest BCUT2D eigenvalue weighted by Crippen LogP contribution is -2.15. The zero-order valence-electron chi connectivity index (χ0n) is 18.6. The van der Waals surface area contributed by atoms with Crippen molar-refractivity contribution in [3.05, 3.63) is 95.5 Å². The van der Waals surface area contributed by atoms with Crippen LogP contribution >= 0.6 is 11.8 Å². The van der Waals surface area contributed by atoms with Gasteiger partial charge in [0.05, 0.1) is 24.1 Å². The van der Waals surface area contributed by atoms with Gasteiger partial charge in [0.15, 0.2) is 0 Å². The molecule has 2 N–H and O–H groups in total. The summed E-state index contributed by atoms with van der Waals surface area (Å²) in [5.74, 6) is 1.26. The molecule has 34 heavy (non-hydrogen) atoms. The van der Waals surface area contributed by atoms with E-state index in [0.29, 0.717) is 39.0 Å². The van der Waals surface area contributed by atoms with E-state index < -0.39 is 0 Å². The molecular weight excluding hydrogens is 452 g/mol. The van der Waals surface area contributed by atoms with E-state index >= 15 is 0 Å². The number of carbonyl (C=O) groups excluding carboxylic acids is 2. The quantitative estimate of drug-likeness (QED) is 0.339. The molecule has 172 valence electrons. The predicted molar refractivity (Wildman–Crippen MR) is 130 cm³/mol. The van der Waals surface area contributed by atoms with E-state index in [-0.39, 0.29) is 11.8 Å². The Labute approximate surface area is 200 Å². The Bertz CT molecular complexity index is 1300. The van der Waals surface area contributed by atoms with Gasteiger partial charge in [-0.3, -0.25) is 9.59 Å². The number of hydrogen-bond donors (Lipinski definition) is 2. The van der Waals surface area contributed by atoms with Gasteiger partial charge in [0.2, 0.25) is 0 Å². The molecule has 4 rings (SSSR count). The van der Waals surface area contributed by atoms with Crippen molar-refractivity contribution in [2.75, 3.05) is 17.7 Å². The number of nitrogens with zero attached hydrogens (tertiary/aromatic N) is 2. The Kier molecular flexibility index (Phi) is 7.24. The first-order valence-electron chi connectivity index (χ1n) is 10.4. The highest BCUT2D eigenvalue weighted by atomic mass is 32.2. The van der Waals surface area contributed by atoms with Gasteiger partial charge in [-0.25, -0.2) is 4.98 Å². The van der Waals surface area contributed by atoms with Crippen LogP contribution in [0, 0.1) is 6.92 Å². The van der Waals surface area contributed by atoms with E-state index in [2.05, 4.69) is 20.8 Å². The molecule has 0 aliphatic heterocycles. The fraction of sp³-hybridized carbons (Fsp3) is 0.120. The second-order valence-electron chi connectivity index (χ2n) is 7.26. The minimum atomic E-state index is -0.293. The Hall–Kier alpha value is -4.11. The van der Waals surface area contributed by atoms with Gasteiger partial charge in [0.25, 0.3) is 11.8 Å². The lowest BCUT2D eigenvalue weighted by atomic mass is 10.1. The Balaban J connectivity index is 1.40. The summed E-state index contributed by atoms with van der Waals surface area (Å²) in [6.07, 6.45) is 1.64. The molecule has 9 heteroatoms. The van der Waals surface area contributed by atoms with Crippen LogP contribution in [-0.4, -0.2) is 29.1 Å². The molecule has 2 aromatic carbocycles. The average Bonchev–Trinajstić information content (AvgIpc) is 3.28. The van der Waals surface area contributed by atoms with Gasteiger partial charge in [-0.2, -0.15) is 0 Å². The molecule has 0 aliphatic carbocycles. The van der Waals surface area contributed by atoms with E-state index in [1.807, 2.05) is 25.1 Å². The van der Waals surface area contributed by atoms with Crippen LogP contribution in [0.5, 0.6) is 5.75 Å². The number of thioether (sulfide) groups is 1. The number of hydrogen-bond acceptors (Lipinski definition) is 7. The maximum absolute atomic E-state index is 12.9. The van der Waals surface area contributed by atoms with Crippen LogP contribution in [0.25, 0.3) is 0 Å². The van der Waals surface area contributed by atoms with Crippen LogP contribution in [0.4, 0.5) is 11.4 Å². The summed E-state index contributed by atoms with van der Waals surface area (Å²) < 4.78 is 10.3. The lowest BCUT2D eigenvalue weighted by Gasteiger charge is -2.11. The molecule has 0 saturated heterocycles. The number of ether oxygens (including phenoxy) is 1. The third-order valence-electron chi connectivity index (χ3n) is 4.81. The summed E-state index contributed by atoms with van der Waals surface area (Å²) in [7, 11) is 1.55. The summed E-state index contributed by atoms with van der Waals surface area (Å²) in [6.45, 7) is 1.83. The summed E-state index contributed by atoms with van der Waals surface area (Å²) in [4.78, 5) is 29.8. The van der Waals surface area contributed by atoms with Gasteiger partial charge in [0.1, 0.15) is 16.5 Å². The molecule has 4 aromatic rings. The monoisotopic (exact) mass is 474 g/mol. The normalized spacial score (nSPS) is 10.5. The van der Waals surface area contributed by atoms with Crippen molar-refractivity contribution in [3.63, 3.8) is 0 Å². The van der Waals surface area contributed by atoms with Crippen molar-refractivity contribution >= 4 is 35.0 Å². The van der Waals surface area contributed by atoms with E-state index in [1.165, 1.54) is 11.8 Å². The average molecular weight is 475 g/mol. The maximum atomic E-state index is 12.9. The Morgan fingerprint density at radius 2 is 1.79 bits per heavy atom. The van der Waals surface area contributed by atoms with E-state index in [4.69, 9.17) is 9.26 Å². The van der Waals surface area contributed by atoms with Gasteiger partial charge in [-0.05, 0) is 55.5 Å². The van der Waals surface area contributed by atoms with Gasteiger partial charge in [0, 0.05) is 29.3 Å². The van der Waals surface area contributed by atoms with Crippen molar-refractivity contribution in [2.45, 2.75) is 17.7 Å². The first-order valence-corrected chi connectivity index (χ1v) is 11.4. The lowest BCUT2D eigenvalue weighted by molar-refractivity contribution is 0.101. The standard InChI is InChI=1S/C25H22N4O4S/c1-16-14-19(29-33-16)15-34-25-20(6-5-13-26-25)24(31)27-18-11-9-17(10-12-18)23(30)28-21-7-3-4-8-22(21)32-2/h3-14H,15H2,1-2H3,(H,27,31)(H,28,30). The number of benzene rings is 2. The first-order chi connectivity index (χ1) is 16.5. The SMILES string of the molecule is COc1ccccc1NC(=O)c1ccc(NC(=O)c2cccnc2SCc2cc(C)on2)cc1. The summed E-state index contributed by atoms with van der Waals surface area (Å²) in [5, 5.41) is 10.2. The number of para-hydroxylation sites is 2. The number of pyridine rings is 1. The number of amides is 2. The third kappa shape index (κ3) is 5.62. The second-order valence-corrected chi connectivity index (χ2v) is 8.22. The largest absolute Gasteiger partial charge is 0.495 e. The topological polar surface area (TPSA) is 106 Å². The number of rotatable bonds is 8. The molecule has 2 heterocycles. The molecule has 0 spiro atoms. The molecule has 0 saturated carbocycles. The van der Waals surface area contributed by atoms with Gasteiger partial charge in [-0.15, -0.1) is 0 Å². The molecule has 8 nitrogen and oxygen atoms in total. The maximum Gasteiger partial charge on any atom is 0.258 e. The van der Waals surface area contributed by atoms with E-state index in [1.54, 1.807) is 61.8 Å². The molecule has 0 bridgehead atoms. The fourth-order valence-corrected chi connectivity index (χ4v) is 4.02. The highest BCUT2D eigenvalue weighted by Crippen LogP contribution is 2.26. The Morgan fingerprint density at radius 3 is 2.53 bits per heavy atom. The van der Waals surface area contributed by atoms with Crippen molar-refractivity contribution in [3.8, 4) is 5.75 Å². The minimum Gasteiger partial charge on any atom is -0.495 e. The van der Waals surface area contributed by atoms with Crippen molar-refractivity contribution in [1.29, 1.82) is 0 Å². The summed E-state index contributed by atoms with van der Waals surface area (Å²) in [5.41, 5.74) is 2.82. The zero-order chi connectivity index (χ0) is 23.9. The highest BCUT2D eigenvalue weighted by Gasteiger charge is 2.15. The van der Waals surface area contributed by atoms with Crippen LogP contribution in [-0.2, 0) is 5.75 Å². The molecule has 0 fully saturated rings. The smallest absolute Gasteiger partial charge is 0.258 e. The molecule has 0 unspecified atom stereocenters. The molecule has 0 aliphatic rings. The fourth-order valence-electron chi connectivity index (χ4n) is 3.15. The molecular formula is C25H22N4O4S. The van der Waals surface area contributed by atoms with Crippen LogP contribution in [0.1, 0.15) is 32.2 Å².